The molecule has 3 saturated heterocycles. The molecule has 1 aromatic rings. The van der Waals surface area contributed by atoms with Gasteiger partial charge >= 0.3 is 16.4 Å². The second kappa shape index (κ2) is 7.87. The Morgan fingerprint density at radius 3 is 2.97 bits per heavy atom. The van der Waals surface area contributed by atoms with Crippen LogP contribution in [0.4, 0.5) is 4.79 Å². The number of hydrogen-bond acceptors (Lipinski definition) is 8. The van der Waals surface area contributed by atoms with E-state index in [-0.39, 0.29) is 25.1 Å². The molecule has 160 valence electrons. The molecule has 3 amide bonds. The molecule has 0 aromatic carbocycles. The summed E-state index contributed by atoms with van der Waals surface area (Å²) >= 11 is 0. The van der Waals surface area contributed by atoms with E-state index in [9.17, 15) is 18.0 Å². The molecule has 3 fully saturated rings. The molecule has 1 aromatic heterocycles. The van der Waals surface area contributed by atoms with Gasteiger partial charge in [0.15, 0.2) is 0 Å². The summed E-state index contributed by atoms with van der Waals surface area (Å²) in [7, 11) is -4.82. The van der Waals surface area contributed by atoms with Crippen molar-refractivity contribution < 1.29 is 31.7 Å². The number of carbonyl (C=O) groups excluding carboxylic acids is 2. The molecule has 4 atom stereocenters. The molecule has 4 N–H and O–H groups in total. The van der Waals surface area contributed by atoms with E-state index in [0.717, 1.165) is 18.7 Å². The molecular weight excluding hydrogens is 408 g/mol. The maximum atomic E-state index is 12.5. The highest BCUT2D eigenvalue weighted by atomic mass is 32.3. The molecule has 29 heavy (non-hydrogen) atoms. The largest absolute Gasteiger partial charge is 0.418 e. The number of piperidine rings is 1. The first-order valence-corrected chi connectivity index (χ1v) is 10.6. The molecule has 4 rings (SSSR count). The highest BCUT2D eigenvalue weighted by Crippen LogP contribution is 2.30. The summed E-state index contributed by atoms with van der Waals surface area (Å²) in [5, 5.41) is 10.9. The average molecular weight is 430 g/mol. The summed E-state index contributed by atoms with van der Waals surface area (Å²) in [6, 6.07) is -0.155. The number of urea groups is 1. The van der Waals surface area contributed by atoms with Crippen LogP contribution >= 0.6 is 0 Å². The van der Waals surface area contributed by atoms with E-state index in [1.165, 1.54) is 4.90 Å². The third kappa shape index (κ3) is 4.35. The predicted molar refractivity (Wildman–Crippen MR) is 95.2 cm³/mol. The van der Waals surface area contributed by atoms with Crippen LogP contribution in [0, 0.1) is 0 Å². The van der Waals surface area contributed by atoms with E-state index in [1.54, 1.807) is 6.20 Å². The zero-order valence-electron chi connectivity index (χ0n) is 15.4. The van der Waals surface area contributed by atoms with E-state index >= 15 is 0 Å². The Morgan fingerprint density at radius 1 is 1.41 bits per heavy atom. The van der Waals surface area contributed by atoms with Crippen molar-refractivity contribution in [2.24, 2.45) is 0 Å². The van der Waals surface area contributed by atoms with E-state index in [0.29, 0.717) is 17.9 Å². The van der Waals surface area contributed by atoms with Crippen LogP contribution in [0.25, 0.3) is 0 Å². The topological polar surface area (TPSA) is 166 Å². The number of hydrogen-bond donors (Lipinski definition) is 4. The van der Waals surface area contributed by atoms with Crippen LogP contribution in [-0.2, 0) is 24.3 Å². The Labute approximate surface area is 166 Å². The van der Waals surface area contributed by atoms with Gasteiger partial charge in [0.1, 0.15) is 6.04 Å². The van der Waals surface area contributed by atoms with Gasteiger partial charge < -0.3 is 10.2 Å². The fraction of sp³-hybridized carbons (Fsp3) is 0.667. The number of hydroxylamine groups is 3. The molecule has 0 spiro atoms. The quantitative estimate of drug-likeness (QED) is 0.310. The van der Waals surface area contributed by atoms with Crippen molar-refractivity contribution in [3.63, 3.8) is 0 Å². The van der Waals surface area contributed by atoms with Gasteiger partial charge in [0.25, 0.3) is 5.91 Å². The lowest BCUT2D eigenvalue weighted by atomic mass is 10.0. The van der Waals surface area contributed by atoms with Crippen molar-refractivity contribution in [1.82, 2.24) is 31.0 Å². The van der Waals surface area contributed by atoms with Crippen molar-refractivity contribution in [2.45, 2.75) is 43.3 Å². The highest BCUT2D eigenvalue weighted by molar-refractivity contribution is 7.80. The number of aromatic nitrogens is 2. The number of H-pyrrole nitrogens is 1. The monoisotopic (exact) mass is 430 g/mol. The number of nitrogens with zero attached hydrogens (tertiary/aromatic N) is 3. The Hall–Kier alpha value is -2.26. The third-order valence-electron chi connectivity index (χ3n) is 5.42. The van der Waals surface area contributed by atoms with Crippen LogP contribution in [0.5, 0.6) is 0 Å². The van der Waals surface area contributed by atoms with Crippen LogP contribution in [0.2, 0.25) is 0 Å². The first-order chi connectivity index (χ1) is 13.8. The Kier molecular flexibility index (Phi) is 5.44. The molecule has 3 aliphatic rings. The SMILES string of the molecule is O=C(NOC[C@@H]1C[C@@H](c2cc[nH]n2)CN1)[C@@H]1CC[C@@H]2CN1C(=O)N2OS(=O)(=O)O. The zero-order valence-corrected chi connectivity index (χ0v) is 16.2. The van der Waals surface area contributed by atoms with Crippen molar-refractivity contribution in [2.75, 3.05) is 19.7 Å². The van der Waals surface area contributed by atoms with E-state index in [2.05, 4.69) is 25.3 Å². The van der Waals surface area contributed by atoms with Crippen LogP contribution < -0.4 is 10.8 Å². The Bertz CT molecular complexity index is 863. The number of nitrogens with one attached hydrogen (secondary N) is 3. The Balaban J connectivity index is 1.25. The summed E-state index contributed by atoms with van der Waals surface area (Å²) in [6.45, 7) is 1.15. The summed E-state index contributed by atoms with van der Waals surface area (Å²) in [5.41, 5.74) is 3.35. The number of rotatable bonds is 7. The first kappa shape index (κ1) is 20.0. The van der Waals surface area contributed by atoms with Crippen LogP contribution in [0.1, 0.15) is 30.9 Å². The van der Waals surface area contributed by atoms with Crippen molar-refractivity contribution in [3.8, 4) is 0 Å². The van der Waals surface area contributed by atoms with E-state index in [1.807, 2.05) is 6.07 Å². The lowest BCUT2D eigenvalue weighted by Gasteiger charge is -2.29. The second-order valence-electron chi connectivity index (χ2n) is 7.32. The standard InChI is InChI=1S/C15H22N6O7S/c22-14(19-27-8-10-5-9(6-16-10)12-3-4-17-18-12)13-2-1-11-7-20(13)15(23)21(11)28-29(24,25)26/h3-4,9-11,13,16H,1-2,5-8H2,(H,17,18)(H,19,22)(H,24,25,26)/t9-,10+,11-,13+/m1/s1. The lowest BCUT2D eigenvalue weighted by molar-refractivity contribution is -0.139. The minimum Gasteiger partial charge on any atom is -0.311 e. The second-order valence-corrected chi connectivity index (χ2v) is 8.33. The first-order valence-electron chi connectivity index (χ1n) is 9.23. The normalized spacial score (nSPS) is 29.5. The van der Waals surface area contributed by atoms with Crippen LogP contribution in [0.3, 0.4) is 0 Å². The van der Waals surface area contributed by atoms with Crippen molar-refractivity contribution in [3.05, 3.63) is 18.0 Å². The minimum absolute atomic E-state index is 0.0554. The maximum Gasteiger partial charge on any atom is 0.418 e. The fourth-order valence-electron chi connectivity index (χ4n) is 4.06. The van der Waals surface area contributed by atoms with Gasteiger partial charge in [0.2, 0.25) is 0 Å². The average Bonchev–Trinajstić information content (AvgIpc) is 3.39. The summed E-state index contributed by atoms with van der Waals surface area (Å²) in [4.78, 5) is 31.3. The van der Waals surface area contributed by atoms with Gasteiger partial charge in [-0.3, -0.25) is 19.3 Å². The van der Waals surface area contributed by atoms with Crippen LogP contribution in [-0.4, -0.2) is 82.9 Å². The molecule has 14 heteroatoms. The molecule has 13 nitrogen and oxygen atoms in total. The predicted octanol–water partition coefficient (Wildman–Crippen LogP) is -1.09. The van der Waals surface area contributed by atoms with Crippen molar-refractivity contribution in [1.29, 1.82) is 0 Å². The lowest BCUT2D eigenvalue weighted by Crippen LogP contribution is -2.50. The number of carbonyl (C=O) groups is 2. The van der Waals surface area contributed by atoms with Gasteiger partial charge in [-0.1, -0.05) is 0 Å². The van der Waals surface area contributed by atoms with Gasteiger partial charge in [0, 0.05) is 31.2 Å². The molecular formula is C15H22N6O7S. The van der Waals surface area contributed by atoms with Gasteiger partial charge in [-0.15, -0.1) is 4.28 Å². The van der Waals surface area contributed by atoms with Gasteiger partial charge in [-0.05, 0) is 25.3 Å². The van der Waals surface area contributed by atoms with Crippen LogP contribution in [0.15, 0.2) is 12.3 Å². The molecule has 0 unspecified atom stereocenters. The Morgan fingerprint density at radius 2 is 2.24 bits per heavy atom. The smallest absolute Gasteiger partial charge is 0.311 e. The maximum absolute atomic E-state index is 12.5. The van der Waals surface area contributed by atoms with Crippen molar-refractivity contribution >= 4 is 22.3 Å². The minimum atomic E-state index is -4.82. The molecule has 0 saturated carbocycles. The molecule has 0 radical (unpaired) electrons. The summed E-state index contributed by atoms with van der Waals surface area (Å²) in [6.07, 6.45) is 3.26. The summed E-state index contributed by atoms with van der Waals surface area (Å²) < 4.78 is 35.0. The van der Waals surface area contributed by atoms with Gasteiger partial charge in [-0.2, -0.15) is 18.6 Å². The van der Waals surface area contributed by atoms with E-state index in [4.69, 9.17) is 9.39 Å². The molecule has 2 bridgehead atoms. The zero-order chi connectivity index (χ0) is 20.6. The highest BCUT2D eigenvalue weighted by Gasteiger charge is 2.49. The van der Waals surface area contributed by atoms with E-state index < -0.39 is 34.4 Å². The number of fused-ring (bicyclic) bond motifs is 2. The van der Waals surface area contributed by atoms with Gasteiger partial charge in [0.05, 0.1) is 18.3 Å². The molecule has 4 heterocycles. The fourth-order valence-corrected chi connectivity index (χ4v) is 4.44. The third-order valence-corrected chi connectivity index (χ3v) is 5.77. The summed E-state index contributed by atoms with van der Waals surface area (Å²) in [5.74, 6) is -0.218. The number of amides is 3. The molecule has 0 aliphatic carbocycles. The van der Waals surface area contributed by atoms with Gasteiger partial charge in [-0.25, -0.2) is 10.3 Å². The number of aromatic amines is 1. The molecule has 3 aliphatic heterocycles.